The molecule has 1 N–H and O–H groups in total. The molecule has 0 unspecified atom stereocenters. The van der Waals surface area contributed by atoms with Gasteiger partial charge in [0.2, 0.25) is 0 Å². The number of urea groups is 1. The largest absolute Gasteiger partial charge is 0.494 e. The zero-order valence-corrected chi connectivity index (χ0v) is 16.0. The van der Waals surface area contributed by atoms with Crippen molar-refractivity contribution in [3.05, 3.63) is 42.2 Å². The van der Waals surface area contributed by atoms with Crippen LogP contribution in [-0.2, 0) is 0 Å². The number of hydrogen-bond donors (Lipinski definition) is 1. The molecule has 4 rings (SSSR count). The van der Waals surface area contributed by atoms with E-state index in [1.54, 1.807) is 4.52 Å². The molecule has 9 nitrogen and oxygen atoms in total. The summed E-state index contributed by atoms with van der Waals surface area (Å²) in [5, 5.41) is 15.6. The Balaban J connectivity index is 1.35. The Labute approximate surface area is 162 Å². The third-order valence-corrected chi connectivity index (χ3v) is 4.71. The fourth-order valence-corrected chi connectivity index (χ4v) is 3.20. The zero-order chi connectivity index (χ0) is 19.5. The van der Waals surface area contributed by atoms with Crippen LogP contribution in [0, 0.1) is 6.92 Å². The summed E-state index contributed by atoms with van der Waals surface area (Å²) in [6.07, 6.45) is 0. The number of aromatic nitrogens is 4. The molecular formula is C19H23N7O2. The van der Waals surface area contributed by atoms with Gasteiger partial charge in [-0.2, -0.15) is 4.52 Å². The first-order valence-electron chi connectivity index (χ1n) is 9.37. The molecular weight excluding hydrogens is 358 g/mol. The minimum atomic E-state index is -0.0955. The Morgan fingerprint density at radius 3 is 2.54 bits per heavy atom. The lowest BCUT2D eigenvalue weighted by Gasteiger charge is -2.35. The Morgan fingerprint density at radius 1 is 1.07 bits per heavy atom. The predicted molar refractivity (Wildman–Crippen MR) is 106 cm³/mol. The summed E-state index contributed by atoms with van der Waals surface area (Å²) in [6, 6.07) is 11.2. The van der Waals surface area contributed by atoms with Gasteiger partial charge in [0.05, 0.1) is 6.61 Å². The second-order valence-corrected chi connectivity index (χ2v) is 6.57. The van der Waals surface area contributed by atoms with Crippen LogP contribution in [0.3, 0.4) is 0 Å². The normalized spacial score (nSPS) is 14.4. The number of nitrogens with zero attached hydrogens (tertiary/aromatic N) is 6. The SMILES string of the molecule is CCOc1ccc(NC(=O)N2CCN(c3ccc4nnc(C)n4n3)CC2)cc1. The van der Waals surface area contributed by atoms with Crippen LogP contribution in [0.15, 0.2) is 36.4 Å². The molecule has 1 fully saturated rings. The molecule has 146 valence electrons. The van der Waals surface area contributed by atoms with E-state index in [9.17, 15) is 4.79 Å². The zero-order valence-electron chi connectivity index (χ0n) is 16.0. The van der Waals surface area contributed by atoms with E-state index in [1.807, 2.05) is 55.1 Å². The smallest absolute Gasteiger partial charge is 0.321 e. The van der Waals surface area contributed by atoms with Crippen LogP contribution in [0.5, 0.6) is 5.75 Å². The number of amides is 2. The van der Waals surface area contributed by atoms with E-state index >= 15 is 0 Å². The average Bonchev–Trinajstić information content (AvgIpc) is 3.10. The number of nitrogens with one attached hydrogen (secondary N) is 1. The van der Waals surface area contributed by atoms with Gasteiger partial charge in [-0.1, -0.05) is 0 Å². The minimum absolute atomic E-state index is 0.0955. The molecule has 3 aromatic rings. The van der Waals surface area contributed by atoms with Crippen LogP contribution in [0.25, 0.3) is 5.65 Å². The van der Waals surface area contributed by atoms with Crippen LogP contribution in [0.1, 0.15) is 12.7 Å². The van der Waals surface area contributed by atoms with Crippen LogP contribution >= 0.6 is 0 Å². The van der Waals surface area contributed by atoms with Gasteiger partial charge in [-0.25, -0.2) is 4.79 Å². The first-order chi connectivity index (χ1) is 13.6. The Kier molecular flexibility index (Phi) is 4.96. The van der Waals surface area contributed by atoms with E-state index in [0.717, 1.165) is 41.8 Å². The molecule has 0 aliphatic carbocycles. The number of hydrogen-bond acceptors (Lipinski definition) is 6. The Morgan fingerprint density at radius 2 is 1.82 bits per heavy atom. The average molecular weight is 381 g/mol. The molecule has 2 aromatic heterocycles. The topological polar surface area (TPSA) is 87.9 Å². The highest BCUT2D eigenvalue weighted by Gasteiger charge is 2.22. The van der Waals surface area contributed by atoms with Crippen molar-refractivity contribution < 1.29 is 9.53 Å². The lowest BCUT2D eigenvalue weighted by Crippen LogP contribution is -2.50. The van der Waals surface area contributed by atoms with Gasteiger partial charge in [-0.05, 0) is 50.2 Å². The summed E-state index contributed by atoms with van der Waals surface area (Å²) in [5.41, 5.74) is 1.49. The minimum Gasteiger partial charge on any atom is -0.494 e. The number of benzene rings is 1. The maximum absolute atomic E-state index is 12.5. The third-order valence-electron chi connectivity index (χ3n) is 4.71. The van der Waals surface area contributed by atoms with Crippen molar-refractivity contribution in [2.24, 2.45) is 0 Å². The first kappa shape index (κ1) is 18.0. The fourth-order valence-electron chi connectivity index (χ4n) is 3.20. The van der Waals surface area contributed by atoms with Gasteiger partial charge in [0, 0.05) is 31.9 Å². The van der Waals surface area contributed by atoms with E-state index in [0.29, 0.717) is 19.7 Å². The summed E-state index contributed by atoms with van der Waals surface area (Å²) in [6.45, 7) is 7.13. The van der Waals surface area contributed by atoms with Crippen LogP contribution in [0.2, 0.25) is 0 Å². The maximum Gasteiger partial charge on any atom is 0.321 e. The molecule has 0 atom stereocenters. The number of fused-ring (bicyclic) bond motifs is 1. The summed E-state index contributed by atoms with van der Waals surface area (Å²) in [7, 11) is 0. The van der Waals surface area contributed by atoms with Gasteiger partial charge >= 0.3 is 6.03 Å². The molecule has 0 saturated carbocycles. The summed E-state index contributed by atoms with van der Waals surface area (Å²) in [4.78, 5) is 16.5. The molecule has 1 aliphatic rings. The second-order valence-electron chi connectivity index (χ2n) is 6.57. The number of anilines is 2. The molecule has 0 spiro atoms. The molecule has 2 amide bonds. The molecule has 28 heavy (non-hydrogen) atoms. The van der Waals surface area contributed by atoms with Crippen LogP contribution in [-0.4, -0.2) is 63.5 Å². The Hall–Kier alpha value is -3.36. The van der Waals surface area contributed by atoms with Gasteiger partial charge in [-0.15, -0.1) is 15.3 Å². The predicted octanol–water partition coefficient (Wildman–Crippen LogP) is 2.19. The molecule has 1 saturated heterocycles. The molecule has 1 aliphatic heterocycles. The lowest BCUT2D eigenvalue weighted by atomic mass is 10.3. The van der Waals surface area contributed by atoms with Crippen LogP contribution in [0.4, 0.5) is 16.3 Å². The summed E-state index contributed by atoms with van der Waals surface area (Å²) < 4.78 is 7.16. The van der Waals surface area contributed by atoms with E-state index in [-0.39, 0.29) is 6.03 Å². The second kappa shape index (κ2) is 7.71. The van der Waals surface area contributed by atoms with Gasteiger partial charge in [0.1, 0.15) is 11.6 Å². The number of ether oxygens (including phenoxy) is 1. The van der Waals surface area contributed by atoms with Crippen molar-refractivity contribution >= 4 is 23.2 Å². The van der Waals surface area contributed by atoms with E-state index in [2.05, 4.69) is 25.5 Å². The molecule has 0 bridgehead atoms. The lowest BCUT2D eigenvalue weighted by molar-refractivity contribution is 0.208. The molecule has 3 heterocycles. The molecule has 1 aromatic carbocycles. The van der Waals surface area contributed by atoms with Crippen LogP contribution < -0.4 is 15.0 Å². The van der Waals surface area contributed by atoms with Gasteiger partial charge in [0.25, 0.3) is 0 Å². The van der Waals surface area contributed by atoms with Crippen molar-refractivity contribution in [3.63, 3.8) is 0 Å². The number of carbonyl (C=O) groups excluding carboxylic acids is 1. The van der Waals surface area contributed by atoms with Gasteiger partial charge in [0.15, 0.2) is 11.5 Å². The number of carbonyl (C=O) groups is 1. The summed E-state index contributed by atoms with van der Waals surface area (Å²) >= 11 is 0. The quantitative estimate of drug-likeness (QED) is 0.745. The van der Waals surface area contributed by atoms with E-state index in [4.69, 9.17) is 4.74 Å². The highest BCUT2D eigenvalue weighted by molar-refractivity contribution is 5.89. The maximum atomic E-state index is 12.5. The van der Waals surface area contributed by atoms with Crippen molar-refractivity contribution in [3.8, 4) is 5.75 Å². The first-order valence-corrected chi connectivity index (χ1v) is 9.37. The van der Waals surface area contributed by atoms with Crippen molar-refractivity contribution in [2.75, 3.05) is 43.0 Å². The van der Waals surface area contributed by atoms with Crippen molar-refractivity contribution in [1.82, 2.24) is 24.7 Å². The third kappa shape index (κ3) is 3.68. The van der Waals surface area contributed by atoms with Gasteiger partial charge < -0.3 is 19.9 Å². The molecule has 0 radical (unpaired) electrons. The Bertz CT molecular complexity index is 962. The highest BCUT2D eigenvalue weighted by atomic mass is 16.5. The molecule has 9 heteroatoms. The van der Waals surface area contributed by atoms with Crippen molar-refractivity contribution in [2.45, 2.75) is 13.8 Å². The highest BCUT2D eigenvalue weighted by Crippen LogP contribution is 2.18. The number of piperazine rings is 1. The van der Waals surface area contributed by atoms with E-state index < -0.39 is 0 Å². The van der Waals surface area contributed by atoms with Gasteiger partial charge in [-0.3, -0.25) is 0 Å². The number of aryl methyl sites for hydroxylation is 1. The van der Waals surface area contributed by atoms with Crippen molar-refractivity contribution in [1.29, 1.82) is 0 Å². The number of rotatable bonds is 4. The van der Waals surface area contributed by atoms with E-state index in [1.165, 1.54) is 0 Å². The fraction of sp³-hybridized carbons (Fsp3) is 0.368. The standard InChI is InChI=1S/C19H23N7O2/c1-3-28-16-6-4-15(5-7-16)20-19(27)25-12-10-24(11-13-25)18-9-8-17-22-21-14(2)26(17)23-18/h4-9H,3,10-13H2,1-2H3,(H,20,27). The summed E-state index contributed by atoms with van der Waals surface area (Å²) in [5.74, 6) is 2.41. The monoisotopic (exact) mass is 381 g/mol.